The van der Waals surface area contributed by atoms with E-state index in [1.54, 1.807) is 26.0 Å². The van der Waals surface area contributed by atoms with E-state index in [-0.39, 0.29) is 62.3 Å². The topological polar surface area (TPSA) is 145 Å². The quantitative estimate of drug-likeness (QED) is 0.0818. The summed E-state index contributed by atoms with van der Waals surface area (Å²) in [5.74, 6) is -2.95. The van der Waals surface area contributed by atoms with Gasteiger partial charge in [-0.1, -0.05) is 39.8 Å². The van der Waals surface area contributed by atoms with E-state index in [1.807, 2.05) is 27.7 Å². The molecule has 0 spiro atoms. The minimum atomic E-state index is -0.629. The van der Waals surface area contributed by atoms with Crippen LogP contribution in [0.15, 0.2) is 18.2 Å². The lowest BCUT2D eigenvalue weighted by Gasteiger charge is -2.23. The molecule has 0 atom stereocenters. The van der Waals surface area contributed by atoms with Gasteiger partial charge >= 0.3 is 5.97 Å². The summed E-state index contributed by atoms with van der Waals surface area (Å²) in [6.45, 7) is 12.1. The number of fused-ring (bicyclic) bond motifs is 2. The van der Waals surface area contributed by atoms with Gasteiger partial charge in [0.05, 0.1) is 5.56 Å². The van der Waals surface area contributed by atoms with E-state index in [0.717, 1.165) is 0 Å². The predicted molar refractivity (Wildman–Crippen MR) is 150 cm³/mol. The van der Waals surface area contributed by atoms with Gasteiger partial charge in [-0.3, -0.25) is 9.59 Å². The van der Waals surface area contributed by atoms with Crippen molar-refractivity contribution in [3.05, 3.63) is 46.0 Å². The van der Waals surface area contributed by atoms with E-state index in [2.05, 4.69) is 0 Å². The van der Waals surface area contributed by atoms with E-state index in [0.29, 0.717) is 39.3 Å². The fourth-order valence-electron chi connectivity index (χ4n) is 5.59. The van der Waals surface area contributed by atoms with Crippen LogP contribution in [0.4, 0.5) is 0 Å². The number of ether oxygens (including phenoxy) is 1. The molecule has 0 amide bonds. The highest BCUT2D eigenvalue weighted by atomic mass is 16.5. The van der Waals surface area contributed by atoms with E-state index in [4.69, 9.17) is 4.74 Å². The molecule has 8 nitrogen and oxygen atoms in total. The molecule has 39 heavy (non-hydrogen) atoms. The Balaban J connectivity index is 2.18. The van der Waals surface area contributed by atoms with Gasteiger partial charge in [0.1, 0.15) is 11.5 Å². The average molecular weight is 533 g/mol. The molecular weight excluding hydrogens is 500 g/mol. The summed E-state index contributed by atoms with van der Waals surface area (Å²) < 4.78 is 5.32. The molecule has 0 heterocycles. The molecule has 0 aromatic heterocycles. The Morgan fingerprint density at radius 1 is 0.744 bits per heavy atom. The number of phenolic OH excluding ortho intramolecular Hbond substituents is 5. The Labute approximate surface area is 225 Å². The molecule has 0 saturated heterocycles. The predicted octanol–water partition coefficient (Wildman–Crippen LogP) is 6.79. The second-order valence-corrected chi connectivity index (χ2v) is 10.5. The maximum atomic E-state index is 12.0. The van der Waals surface area contributed by atoms with Crippen molar-refractivity contribution in [2.45, 2.75) is 60.3 Å². The van der Waals surface area contributed by atoms with Crippen LogP contribution in [-0.4, -0.2) is 37.8 Å². The SMILES string of the molecule is CC(=O)Oc1c(O)cc2c(O)c(-c3c(C)cc4c(C(C)C)c(O)c(O)c(C=O)c4c3O)c(C)cc2c1C(C)C. The van der Waals surface area contributed by atoms with Gasteiger partial charge in [0, 0.05) is 39.9 Å². The molecule has 0 aliphatic rings. The van der Waals surface area contributed by atoms with E-state index >= 15 is 0 Å². The van der Waals surface area contributed by atoms with Crippen molar-refractivity contribution in [1.29, 1.82) is 0 Å². The van der Waals surface area contributed by atoms with Crippen LogP contribution in [0.2, 0.25) is 0 Å². The highest BCUT2D eigenvalue weighted by Crippen LogP contribution is 2.53. The monoisotopic (exact) mass is 532 g/mol. The molecule has 0 saturated carbocycles. The molecular formula is C31H32O8. The van der Waals surface area contributed by atoms with Crippen LogP contribution in [0.25, 0.3) is 32.7 Å². The molecule has 4 rings (SSSR count). The van der Waals surface area contributed by atoms with E-state index in [9.17, 15) is 35.1 Å². The Bertz CT molecular complexity index is 1700. The van der Waals surface area contributed by atoms with Gasteiger partial charge in [-0.05, 0) is 53.6 Å². The van der Waals surface area contributed by atoms with Crippen LogP contribution in [0.3, 0.4) is 0 Å². The summed E-state index contributed by atoms with van der Waals surface area (Å²) in [7, 11) is 0. The maximum absolute atomic E-state index is 12.0. The first kappa shape index (κ1) is 27.6. The first-order valence-electron chi connectivity index (χ1n) is 12.6. The lowest BCUT2D eigenvalue weighted by molar-refractivity contribution is -0.132. The molecule has 0 aliphatic carbocycles. The summed E-state index contributed by atoms with van der Waals surface area (Å²) in [6, 6.07) is 4.79. The Morgan fingerprint density at radius 2 is 1.28 bits per heavy atom. The van der Waals surface area contributed by atoms with Crippen molar-refractivity contribution in [1.82, 2.24) is 0 Å². The first-order valence-corrected chi connectivity index (χ1v) is 12.6. The van der Waals surface area contributed by atoms with Crippen LogP contribution in [0, 0.1) is 13.8 Å². The Morgan fingerprint density at radius 3 is 1.79 bits per heavy atom. The number of hydrogen-bond acceptors (Lipinski definition) is 8. The van der Waals surface area contributed by atoms with Crippen LogP contribution in [0.5, 0.6) is 34.5 Å². The number of esters is 1. The number of aryl methyl sites for hydroxylation is 2. The van der Waals surface area contributed by atoms with Crippen molar-refractivity contribution in [3.63, 3.8) is 0 Å². The summed E-state index contributed by atoms with van der Waals surface area (Å²) in [5.41, 5.74) is 2.26. The zero-order valence-corrected chi connectivity index (χ0v) is 22.9. The zero-order chi connectivity index (χ0) is 29.1. The highest BCUT2D eigenvalue weighted by Gasteiger charge is 2.28. The highest BCUT2D eigenvalue weighted by molar-refractivity contribution is 6.12. The Kier molecular flexibility index (Phi) is 6.85. The minimum Gasteiger partial charge on any atom is -0.507 e. The summed E-state index contributed by atoms with van der Waals surface area (Å²) in [4.78, 5) is 23.7. The van der Waals surface area contributed by atoms with Gasteiger partial charge in [0.2, 0.25) is 0 Å². The third kappa shape index (κ3) is 4.16. The van der Waals surface area contributed by atoms with E-state index < -0.39 is 17.5 Å². The molecule has 0 unspecified atom stereocenters. The molecule has 204 valence electrons. The van der Waals surface area contributed by atoms with Gasteiger partial charge in [-0.25, -0.2) is 0 Å². The number of carbonyl (C=O) groups excluding carboxylic acids is 2. The number of carbonyl (C=O) groups is 2. The standard InChI is InChI=1S/C31H32O8/c1-12(2)22-19-9-15(6)25(29(37)26(19)20(11-32)28(36)30(22)38)24-14(5)8-17-18(27(24)35)10-21(34)31(39-16(7)33)23(17)13(3)4/h8-13,34-38H,1-7H3. The second-order valence-electron chi connectivity index (χ2n) is 10.5. The largest absolute Gasteiger partial charge is 0.507 e. The fraction of sp³-hybridized carbons (Fsp3) is 0.290. The van der Waals surface area contributed by atoms with Gasteiger partial charge in [-0.2, -0.15) is 0 Å². The third-order valence-corrected chi connectivity index (χ3v) is 7.15. The van der Waals surface area contributed by atoms with Crippen LogP contribution < -0.4 is 4.74 Å². The molecule has 0 fully saturated rings. The minimum absolute atomic E-state index is 0.0217. The second kappa shape index (κ2) is 9.69. The van der Waals surface area contributed by atoms with Crippen molar-refractivity contribution in [2.24, 2.45) is 0 Å². The van der Waals surface area contributed by atoms with E-state index in [1.165, 1.54) is 13.0 Å². The number of phenols is 5. The maximum Gasteiger partial charge on any atom is 0.308 e. The van der Waals surface area contributed by atoms with Crippen molar-refractivity contribution in [2.75, 3.05) is 0 Å². The zero-order valence-electron chi connectivity index (χ0n) is 22.9. The lowest BCUT2D eigenvalue weighted by atomic mass is 9.84. The number of rotatable bonds is 5. The van der Waals surface area contributed by atoms with Crippen molar-refractivity contribution in [3.8, 4) is 45.6 Å². The van der Waals surface area contributed by atoms with Crippen LogP contribution in [-0.2, 0) is 4.79 Å². The molecule has 0 aliphatic heterocycles. The summed E-state index contributed by atoms with van der Waals surface area (Å²) in [6.07, 6.45) is 0.372. The smallest absolute Gasteiger partial charge is 0.308 e. The number of hydrogen-bond donors (Lipinski definition) is 5. The van der Waals surface area contributed by atoms with Gasteiger partial charge in [-0.15, -0.1) is 0 Å². The van der Waals surface area contributed by atoms with Gasteiger partial charge in [0.25, 0.3) is 0 Å². The average Bonchev–Trinajstić information content (AvgIpc) is 2.82. The third-order valence-electron chi connectivity index (χ3n) is 7.15. The summed E-state index contributed by atoms with van der Waals surface area (Å²) >= 11 is 0. The number of aromatic hydroxyl groups is 5. The van der Waals surface area contributed by atoms with Crippen LogP contribution >= 0.6 is 0 Å². The molecule has 0 radical (unpaired) electrons. The molecule has 0 bridgehead atoms. The van der Waals surface area contributed by atoms with Crippen molar-refractivity contribution >= 4 is 33.8 Å². The van der Waals surface area contributed by atoms with Crippen LogP contribution in [0.1, 0.15) is 79.1 Å². The molecule has 8 heteroatoms. The van der Waals surface area contributed by atoms with Crippen molar-refractivity contribution < 1.29 is 39.9 Å². The fourth-order valence-corrected chi connectivity index (χ4v) is 5.59. The van der Waals surface area contributed by atoms with Gasteiger partial charge < -0.3 is 30.3 Å². The summed E-state index contributed by atoms with van der Waals surface area (Å²) in [5, 5.41) is 56.5. The molecule has 4 aromatic carbocycles. The normalized spacial score (nSPS) is 11.6. The molecule has 4 aromatic rings. The lowest BCUT2D eigenvalue weighted by Crippen LogP contribution is -2.06. The number of aldehydes is 1. The number of benzene rings is 4. The molecule has 5 N–H and O–H groups in total. The van der Waals surface area contributed by atoms with Gasteiger partial charge in [0.15, 0.2) is 29.3 Å². The first-order chi connectivity index (χ1) is 18.2. The Hall–Kier alpha value is -4.46.